The van der Waals surface area contributed by atoms with Crippen molar-refractivity contribution in [2.24, 2.45) is 0 Å². The first-order valence-corrected chi connectivity index (χ1v) is 17.1. The van der Waals surface area contributed by atoms with Gasteiger partial charge in [-0.2, -0.15) is 0 Å². The smallest absolute Gasteiger partial charge is 0.0438 e. The third kappa shape index (κ3) is 5.86. The average molecular weight is 618 g/mol. The van der Waals surface area contributed by atoms with Crippen molar-refractivity contribution >= 4 is 44.9 Å². The predicted molar refractivity (Wildman–Crippen MR) is 206 cm³/mol. The van der Waals surface area contributed by atoms with Crippen LogP contribution in [0.25, 0.3) is 55.6 Å². The minimum Gasteiger partial charge on any atom is -0.344 e. The van der Waals surface area contributed by atoms with Gasteiger partial charge in [-0.3, -0.25) is 0 Å². The minimum atomic E-state index is 0.526. The molecule has 0 saturated carbocycles. The van der Waals surface area contributed by atoms with E-state index in [1.165, 1.54) is 82.0 Å². The van der Waals surface area contributed by atoms with Crippen LogP contribution in [0.3, 0.4) is 0 Å². The Morgan fingerprint density at radius 2 is 1.46 bits per heavy atom. The van der Waals surface area contributed by atoms with E-state index in [4.69, 9.17) is 0 Å². The second kappa shape index (κ2) is 13.4. The number of allylic oxidation sites excluding steroid dienone is 1. The van der Waals surface area contributed by atoms with Crippen LogP contribution in [0, 0.1) is 13.8 Å². The fourth-order valence-electron chi connectivity index (χ4n) is 6.65. The van der Waals surface area contributed by atoms with Gasteiger partial charge in [-0.15, -0.1) is 11.3 Å². The highest BCUT2D eigenvalue weighted by Gasteiger charge is 2.15. The molecule has 0 saturated heterocycles. The van der Waals surface area contributed by atoms with Gasteiger partial charge in [0.25, 0.3) is 0 Å². The highest BCUT2D eigenvalue weighted by atomic mass is 32.1. The van der Waals surface area contributed by atoms with E-state index < -0.39 is 0 Å². The first-order chi connectivity index (χ1) is 22.3. The maximum absolute atomic E-state index is 4.03. The van der Waals surface area contributed by atoms with Crippen LogP contribution in [-0.4, -0.2) is 7.05 Å². The zero-order valence-electron chi connectivity index (χ0n) is 27.9. The second-order valence-corrected chi connectivity index (χ2v) is 13.4. The largest absolute Gasteiger partial charge is 0.344 e. The summed E-state index contributed by atoms with van der Waals surface area (Å²) in [5, 5.41) is 1.29. The molecule has 6 rings (SSSR count). The van der Waals surface area contributed by atoms with Crippen LogP contribution >= 0.6 is 11.3 Å². The molecule has 0 fully saturated rings. The van der Waals surface area contributed by atoms with E-state index in [0.29, 0.717) is 5.92 Å². The summed E-state index contributed by atoms with van der Waals surface area (Å²) in [6, 6.07) is 38.2. The maximum Gasteiger partial charge on any atom is 0.0438 e. The van der Waals surface area contributed by atoms with Crippen molar-refractivity contribution in [1.82, 2.24) is 0 Å². The molecule has 1 unspecified atom stereocenters. The molecule has 0 amide bonds. The molecule has 1 aromatic heterocycles. The molecule has 1 nitrogen and oxygen atoms in total. The first kappa shape index (κ1) is 31.3. The van der Waals surface area contributed by atoms with Gasteiger partial charge in [0.2, 0.25) is 0 Å². The Kier molecular flexibility index (Phi) is 9.10. The fraction of sp³-hybridized carbons (Fsp3) is 0.182. The van der Waals surface area contributed by atoms with Crippen LogP contribution in [0.2, 0.25) is 0 Å². The summed E-state index contributed by atoms with van der Waals surface area (Å²) in [5.41, 5.74) is 15.3. The van der Waals surface area contributed by atoms with Gasteiger partial charge >= 0.3 is 0 Å². The number of aryl methyl sites for hydroxylation is 1. The molecule has 0 N–H and O–H groups in total. The van der Waals surface area contributed by atoms with Crippen molar-refractivity contribution in [3.05, 3.63) is 143 Å². The molecule has 230 valence electrons. The van der Waals surface area contributed by atoms with Crippen molar-refractivity contribution in [1.29, 1.82) is 0 Å². The number of rotatable bonds is 9. The van der Waals surface area contributed by atoms with E-state index in [0.717, 1.165) is 6.42 Å². The molecular formula is C44H43NS. The minimum absolute atomic E-state index is 0.526. The normalized spacial score (nSPS) is 12.1. The maximum atomic E-state index is 4.03. The molecule has 1 heterocycles. The van der Waals surface area contributed by atoms with Gasteiger partial charge in [0.1, 0.15) is 0 Å². The zero-order valence-corrected chi connectivity index (χ0v) is 28.7. The first-order valence-electron chi connectivity index (χ1n) is 16.3. The van der Waals surface area contributed by atoms with Crippen molar-refractivity contribution in [2.45, 2.75) is 47.0 Å². The Labute approximate surface area is 279 Å². The Bertz CT molecular complexity index is 2060. The summed E-state index contributed by atoms with van der Waals surface area (Å²) in [6.07, 6.45) is 7.40. The lowest BCUT2D eigenvalue weighted by Gasteiger charge is -2.23. The number of hydrogen-bond acceptors (Lipinski definition) is 2. The van der Waals surface area contributed by atoms with Crippen molar-refractivity contribution < 1.29 is 0 Å². The lowest BCUT2D eigenvalue weighted by molar-refractivity contribution is 0.735. The van der Waals surface area contributed by atoms with E-state index in [2.05, 4.69) is 168 Å². The Hall–Kier alpha value is -4.66. The summed E-state index contributed by atoms with van der Waals surface area (Å²) in [4.78, 5) is 3.51. The molecule has 0 spiro atoms. The molecule has 5 aromatic carbocycles. The van der Waals surface area contributed by atoms with Crippen LogP contribution in [-0.2, 0) is 0 Å². The van der Waals surface area contributed by atoms with Gasteiger partial charge in [-0.05, 0) is 125 Å². The highest BCUT2D eigenvalue weighted by Crippen LogP contribution is 2.39. The van der Waals surface area contributed by atoms with E-state index in [1.807, 2.05) is 6.08 Å². The monoisotopic (exact) mass is 617 g/mol. The third-order valence-corrected chi connectivity index (χ3v) is 10.6. The van der Waals surface area contributed by atoms with Crippen molar-refractivity contribution in [2.75, 3.05) is 11.9 Å². The molecule has 6 aromatic rings. The molecule has 0 aliphatic rings. The summed E-state index contributed by atoms with van der Waals surface area (Å²) in [6.45, 7) is 15.2. The highest BCUT2D eigenvalue weighted by molar-refractivity contribution is 7.20. The molecule has 0 bridgehead atoms. The van der Waals surface area contributed by atoms with Crippen LogP contribution in [0.4, 0.5) is 11.4 Å². The van der Waals surface area contributed by atoms with Gasteiger partial charge in [-0.25, -0.2) is 0 Å². The van der Waals surface area contributed by atoms with Crippen molar-refractivity contribution in [3.63, 3.8) is 0 Å². The van der Waals surface area contributed by atoms with Gasteiger partial charge in [-0.1, -0.05) is 105 Å². The summed E-state index contributed by atoms with van der Waals surface area (Å²) < 4.78 is 1.29. The summed E-state index contributed by atoms with van der Waals surface area (Å²) in [7, 11) is 2.16. The lowest BCUT2D eigenvalue weighted by atomic mass is 9.86. The van der Waals surface area contributed by atoms with Crippen LogP contribution in [0.1, 0.15) is 60.2 Å². The third-order valence-electron chi connectivity index (χ3n) is 9.46. The lowest BCUT2D eigenvalue weighted by Crippen LogP contribution is -2.10. The fourth-order valence-corrected chi connectivity index (χ4v) is 7.68. The number of fused-ring (bicyclic) bond motifs is 1. The van der Waals surface area contributed by atoms with E-state index >= 15 is 0 Å². The SMILES string of the molecule is C=Cc1sc2ccc(-c3ccc(N(C)c4ccc(-c5cccc(-c6ccccc6C(C)CC)c5C)cc4)c(C)c3)cc2c1/C=C\C. The number of hydrogen-bond donors (Lipinski definition) is 0. The number of anilines is 2. The Balaban J connectivity index is 1.27. The van der Waals surface area contributed by atoms with Crippen LogP contribution < -0.4 is 4.90 Å². The molecule has 2 heteroatoms. The van der Waals surface area contributed by atoms with E-state index in [1.54, 1.807) is 11.3 Å². The number of nitrogens with zero attached hydrogens (tertiary/aromatic N) is 1. The van der Waals surface area contributed by atoms with Crippen molar-refractivity contribution in [3.8, 4) is 33.4 Å². The molecule has 0 aliphatic heterocycles. The average Bonchev–Trinajstić information content (AvgIpc) is 3.44. The van der Waals surface area contributed by atoms with Gasteiger partial charge in [0, 0.05) is 33.4 Å². The Morgan fingerprint density at radius 3 is 2.17 bits per heavy atom. The molecule has 0 aliphatic carbocycles. The van der Waals surface area contributed by atoms with E-state index in [-0.39, 0.29) is 0 Å². The number of benzene rings is 5. The van der Waals surface area contributed by atoms with Gasteiger partial charge in [0.15, 0.2) is 0 Å². The van der Waals surface area contributed by atoms with Crippen LogP contribution in [0.5, 0.6) is 0 Å². The quantitative estimate of drug-likeness (QED) is 0.156. The molecule has 1 atom stereocenters. The topological polar surface area (TPSA) is 3.24 Å². The molecular weight excluding hydrogens is 575 g/mol. The Morgan fingerprint density at radius 1 is 0.783 bits per heavy atom. The van der Waals surface area contributed by atoms with Gasteiger partial charge < -0.3 is 4.90 Å². The predicted octanol–water partition coefficient (Wildman–Crippen LogP) is 13.5. The molecule has 0 radical (unpaired) electrons. The standard InChI is InChI=1S/C44H43NS/c1-8-14-40-41-28-34(22-26-44(41)46-43(40)10-3)33-21-25-42(30(5)27-33)45(7)35-23-19-32(20-24-35)37-17-13-18-38(31(37)6)39-16-12-11-15-36(39)29(4)9-2/h8,10-29H,3,9H2,1-2,4-7H3/b14-8-. The molecule has 46 heavy (non-hydrogen) atoms. The summed E-state index contributed by atoms with van der Waals surface area (Å²) in [5.74, 6) is 0.526. The van der Waals surface area contributed by atoms with Crippen LogP contribution in [0.15, 0.2) is 116 Å². The second-order valence-electron chi connectivity index (χ2n) is 12.3. The van der Waals surface area contributed by atoms with Gasteiger partial charge in [0.05, 0.1) is 0 Å². The summed E-state index contributed by atoms with van der Waals surface area (Å²) >= 11 is 1.80. The van der Waals surface area contributed by atoms with E-state index in [9.17, 15) is 0 Å². The zero-order chi connectivity index (χ0) is 32.4. The number of thiophene rings is 1.